The molecule has 0 spiro atoms. The summed E-state index contributed by atoms with van der Waals surface area (Å²) >= 11 is 0. The van der Waals surface area contributed by atoms with E-state index in [1.165, 1.54) is 0 Å². The number of hydrogen-bond acceptors (Lipinski definition) is 3. The van der Waals surface area contributed by atoms with E-state index in [4.69, 9.17) is 0 Å². The third-order valence-electron chi connectivity index (χ3n) is 2.70. The first-order chi connectivity index (χ1) is 7.45. The summed E-state index contributed by atoms with van der Waals surface area (Å²) in [5.41, 5.74) is 0. The van der Waals surface area contributed by atoms with Gasteiger partial charge >= 0.3 is 0 Å². The average molecular weight is 286 g/mol. The average Bonchev–Trinajstić information content (AvgIpc) is 2.16. The molecule has 104 valence electrons. The molecule has 0 aromatic rings. The Balaban J connectivity index is 0.00000256. The predicted octanol–water partition coefficient (Wildman–Crippen LogP) is 0.582. The Bertz CT molecular complexity index is 307. The van der Waals surface area contributed by atoms with Crippen LogP contribution < -0.4 is 10.0 Å². The standard InChI is InChI=1S/C10H23N3O2S.ClH/c1-9(2)12-16(14,15)13-6-4-5-10(8-13)7-11-3;/h9-12H,4-8H2,1-3H3;1H. The van der Waals surface area contributed by atoms with Crippen LogP contribution in [0.2, 0.25) is 0 Å². The fourth-order valence-corrected chi connectivity index (χ4v) is 3.59. The molecule has 1 heterocycles. The van der Waals surface area contributed by atoms with E-state index >= 15 is 0 Å². The summed E-state index contributed by atoms with van der Waals surface area (Å²) in [5.74, 6) is 0.433. The second kappa shape index (κ2) is 7.53. The molecule has 1 aliphatic heterocycles. The van der Waals surface area contributed by atoms with E-state index < -0.39 is 10.2 Å². The second-order valence-electron chi connectivity index (χ2n) is 4.70. The molecule has 1 unspecified atom stereocenters. The van der Waals surface area contributed by atoms with Crippen molar-refractivity contribution in [3.8, 4) is 0 Å². The fraction of sp³-hybridized carbons (Fsp3) is 1.00. The van der Waals surface area contributed by atoms with E-state index in [0.717, 1.165) is 19.4 Å². The number of hydrogen-bond donors (Lipinski definition) is 2. The van der Waals surface area contributed by atoms with E-state index in [9.17, 15) is 8.42 Å². The van der Waals surface area contributed by atoms with Crippen LogP contribution in [0.4, 0.5) is 0 Å². The molecular formula is C10H24ClN3O2S. The van der Waals surface area contributed by atoms with Crippen LogP contribution in [-0.4, -0.2) is 45.4 Å². The summed E-state index contributed by atoms with van der Waals surface area (Å²) in [6.07, 6.45) is 2.06. The highest BCUT2D eigenvalue weighted by Crippen LogP contribution is 2.17. The van der Waals surface area contributed by atoms with Gasteiger partial charge in [0.25, 0.3) is 10.2 Å². The van der Waals surface area contributed by atoms with Crippen molar-refractivity contribution in [1.29, 1.82) is 0 Å². The first-order valence-electron chi connectivity index (χ1n) is 5.87. The molecule has 0 aliphatic carbocycles. The van der Waals surface area contributed by atoms with Crippen molar-refractivity contribution >= 4 is 22.6 Å². The van der Waals surface area contributed by atoms with Gasteiger partial charge in [-0.1, -0.05) is 0 Å². The van der Waals surface area contributed by atoms with Gasteiger partial charge in [-0.25, -0.2) is 0 Å². The zero-order chi connectivity index (χ0) is 12.2. The lowest BCUT2D eigenvalue weighted by atomic mass is 10.00. The van der Waals surface area contributed by atoms with E-state index in [1.807, 2.05) is 20.9 Å². The molecule has 0 bridgehead atoms. The van der Waals surface area contributed by atoms with Crippen LogP contribution in [0.1, 0.15) is 26.7 Å². The number of nitrogens with one attached hydrogen (secondary N) is 2. The van der Waals surface area contributed by atoms with Crippen LogP contribution in [0.5, 0.6) is 0 Å². The monoisotopic (exact) mass is 285 g/mol. The highest BCUT2D eigenvalue weighted by molar-refractivity contribution is 7.87. The Morgan fingerprint density at radius 2 is 2.06 bits per heavy atom. The van der Waals surface area contributed by atoms with Crippen LogP contribution in [0, 0.1) is 5.92 Å². The Morgan fingerprint density at radius 1 is 1.41 bits per heavy atom. The van der Waals surface area contributed by atoms with Gasteiger partial charge in [0.1, 0.15) is 0 Å². The number of piperidine rings is 1. The van der Waals surface area contributed by atoms with Gasteiger partial charge in [-0.2, -0.15) is 17.4 Å². The maximum absolute atomic E-state index is 11.9. The molecule has 2 N–H and O–H groups in total. The van der Waals surface area contributed by atoms with Crippen LogP contribution in [0.25, 0.3) is 0 Å². The minimum Gasteiger partial charge on any atom is -0.319 e. The van der Waals surface area contributed by atoms with Gasteiger partial charge in [0.05, 0.1) is 0 Å². The molecule has 0 saturated carbocycles. The van der Waals surface area contributed by atoms with Crippen LogP contribution in [0.15, 0.2) is 0 Å². The summed E-state index contributed by atoms with van der Waals surface area (Å²) in [4.78, 5) is 0. The van der Waals surface area contributed by atoms with Gasteiger partial charge in [-0.3, -0.25) is 0 Å². The highest BCUT2D eigenvalue weighted by Gasteiger charge is 2.28. The third kappa shape index (κ3) is 5.52. The molecule has 0 aromatic carbocycles. The smallest absolute Gasteiger partial charge is 0.279 e. The van der Waals surface area contributed by atoms with Crippen LogP contribution in [0.3, 0.4) is 0 Å². The maximum Gasteiger partial charge on any atom is 0.279 e. The Hall–Kier alpha value is 0.120. The van der Waals surface area contributed by atoms with Gasteiger partial charge in [-0.15, -0.1) is 12.4 Å². The summed E-state index contributed by atoms with van der Waals surface area (Å²) in [6.45, 7) is 5.83. The molecule has 0 amide bonds. The molecule has 1 aliphatic rings. The lowest BCUT2D eigenvalue weighted by Crippen LogP contribution is -2.49. The highest BCUT2D eigenvalue weighted by atomic mass is 35.5. The quantitative estimate of drug-likeness (QED) is 0.777. The fourth-order valence-electron chi connectivity index (χ4n) is 2.07. The zero-order valence-electron chi connectivity index (χ0n) is 10.8. The molecule has 0 radical (unpaired) electrons. The molecular weight excluding hydrogens is 262 g/mol. The largest absolute Gasteiger partial charge is 0.319 e. The van der Waals surface area contributed by atoms with Crippen LogP contribution in [-0.2, 0) is 10.2 Å². The predicted molar refractivity (Wildman–Crippen MR) is 72.7 cm³/mol. The van der Waals surface area contributed by atoms with Crippen molar-refractivity contribution in [2.45, 2.75) is 32.7 Å². The molecule has 1 saturated heterocycles. The molecule has 1 rings (SSSR count). The van der Waals surface area contributed by atoms with Crippen LogP contribution >= 0.6 is 12.4 Å². The van der Waals surface area contributed by atoms with Crippen molar-refractivity contribution in [2.75, 3.05) is 26.7 Å². The first kappa shape index (κ1) is 17.1. The van der Waals surface area contributed by atoms with Gasteiger partial charge < -0.3 is 5.32 Å². The summed E-state index contributed by atoms with van der Waals surface area (Å²) in [5, 5.41) is 3.11. The number of rotatable bonds is 5. The van der Waals surface area contributed by atoms with Crippen molar-refractivity contribution in [2.24, 2.45) is 5.92 Å². The van der Waals surface area contributed by atoms with E-state index in [-0.39, 0.29) is 18.4 Å². The summed E-state index contributed by atoms with van der Waals surface area (Å²) < 4.78 is 28.1. The Kier molecular flexibility index (Phi) is 7.58. The van der Waals surface area contributed by atoms with Crippen molar-refractivity contribution in [3.05, 3.63) is 0 Å². The molecule has 5 nitrogen and oxygen atoms in total. The molecule has 1 fully saturated rings. The second-order valence-corrected chi connectivity index (χ2v) is 6.40. The topological polar surface area (TPSA) is 61.4 Å². The van der Waals surface area contributed by atoms with Gasteiger partial charge in [0, 0.05) is 19.1 Å². The minimum absolute atomic E-state index is 0. The SMILES string of the molecule is CNCC1CCCN(S(=O)(=O)NC(C)C)C1.Cl. The number of halogens is 1. The Labute approximate surface area is 111 Å². The third-order valence-corrected chi connectivity index (χ3v) is 4.48. The molecule has 17 heavy (non-hydrogen) atoms. The van der Waals surface area contributed by atoms with Gasteiger partial charge in [-0.05, 0) is 46.2 Å². The van der Waals surface area contributed by atoms with Gasteiger partial charge in [0.2, 0.25) is 0 Å². The van der Waals surface area contributed by atoms with E-state index in [2.05, 4.69) is 10.0 Å². The van der Waals surface area contributed by atoms with Gasteiger partial charge in [0.15, 0.2) is 0 Å². The summed E-state index contributed by atoms with van der Waals surface area (Å²) in [7, 11) is -1.38. The maximum atomic E-state index is 11.9. The Morgan fingerprint density at radius 3 is 2.59 bits per heavy atom. The van der Waals surface area contributed by atoms with Crippen molar-refractivity contribution < 1.29 is 8.42 Å². The van der Waals surface area contributed by atoms with Crippen molar-refractivity contribution in [1.82, 2.24) is 14.3 Å². The number of nitrogens with zero attached hydrogens (tertiary/aromatic N) is 1. The molecule has 0 aromatic heterocycles. The molecule has 7 heteroatoms. The summed E-state index contributed by atoms with van der Waals surface area (Å²) in [6, 6.07) is -0.0466. The zero-order valence-corrected chi connectivity index (χ0v) is 12.4. The van der Waals surface area contributed by atoms with Crippen molar-refractivity contribution in [3.63, 3.8) is 0 Å². The first-order valence-corrected chi connectivity index (χ1v) is 7.31. The van der Waals surface area contributed by atoms with E-state index in [0.29, 0.717) is 19.0 Å². The molecule has 1 atom stereocenters. The minimum atomic E-state index is -3.28. The van der Waals surface area contributed by atoms with E-state index in [1.54, 1.807) is 4.31 Å². The lowest BCUT2D eigenvalue weighted by Gasteiger charge is -2.32. The normalized spacial score (nSPS) is 22.5. The lowest BCUT2D eigenvalue weighted by molar-refractivity contribution is 0.260.